The van der Waals surface area contributed by atoms with Crippen LogP contribution in [0.4, 0.5) is 8.78 Å². The number of ketones is 1. The maximum absolute atomic E-state index is 14.1. The van der Waals surface area contributed by atoms with E-state index in [1.54, 1.807) is 0 Å². The molecule has 0 bridgehead atoms. The molecule has 0 aliphatic rings. The number of rotatable bonds is 10. The van der Waals surface area contributed by atoms with Crippen LogP contribution in [-0.2, 0) is 27.9 Å². The Morgan fingerprint density at radius 1 is 1.19 bits per heavy atom. The molecule has 0 heterocycles. The van der Waals surface area contributed by atoms with Gasteiger partial charge < -0.3 is 13.8 Å². The van der Waals surface area contributed by atoms with Crippen LogP contribution >= 0.6 is 7.60 Å². The largest absolute Gasteiger partial charge is 0.468 e. The van der Waals surface area contributed by atoms with Gasteiger partial charge in [0.2, 0.25) is 0 Å². The quantitative estimate of drug-likeness (QED) is 0.348. The predicted molar refractivity (Wildman–Crippen MR) is 71.2 cm³/mol. The van der Waals surface area contributed by atoms with Gasteiger partial charge in [-0.05, 0) is 27.2 Å². The van der Waals surface area contributed by atoms with Crippen LogP contribution in [0.15, 0.2) is 0 Å². The number of alkyl halides is 2. The van der Waals surface area contributed by atoms with Crippen molar-refractivity contribution in [2.45, 2.75) is 39.3 Å². The van der Waals surface area contributed by atoms with Gasteiger partial charge in [0.25, 0.3) is 0 Å². The van der Waals surface area contributed by atoms with Crippen LogP contribution in [-0.4, -0.2) is 37.7 Å². The summed E-state index contributed by atoms with van der Waals surface area (Å²) in [7, 11) is -3.59. The summed E-state index contributed by atoms with van der Waals surface area (Å²) in [5, 5.41) is 0. The summed E-state index contributed by atoms with van der Waals surface area (Å²) < 4.78 is 53.8. The second-order valence-corrected chi connectivity index (χ2v) is 6.39. The molecule has 0 saturated carbocycles. The average molecular weight is 330 g/mol. The number of carbonyl (C=O) groups is 2. The van der Waals surface area contributed by atoms with Crippen LogP contribution in [0.2, 0.25) is 0 Å². The van der Waals surface area contributed by atoms with E-state index in [-0.39, 0.29) is 13.2 Å². The fraction of sp³-hybridized carbons (Fsp3) is 0.833. The summed E-state index contributed by atoms with van der Waals surface area (Å²) >= 11 is 0. The van der Waals surface area contributed by atoms with Crippen LogP contribution in [0, 0.1) is 5.92 Å². The van der Waals surface area contributed by atoms with Crippen LogP contribution in [0.3, 0.4) is 0 Å². The SMILES string of the molecule is CCOP(=O)(OCC)C(F)(F)CCC(C(C)=O)C(=O)OC. The van der Waals surface area contributed by atoms with Gasteiger partial charge in [0.05, 0.1) is 20.3 Å². The number of esters is 1. The summed E-state index contributed by atoms with van der Waals surface area (Å²) in [5.74, 6) is -2.82. The summed E-state index contributed by atoms with van der Waals surface area (Å²) in [6, 6.07) is 0. The molecule has 0 rings (SSSR count). The third-order valence-electron chi connectivity index (χ3n) is 2.71. The Kier molecular flexibility index (Phi) is 8.21. The lowest BCUT2D eigenvalue weighted by atomic mass is 9.99. The van der Waals surface area contributed by atoms with E-state index in [1.807, 2.05) is 0 Å². The molecule has 0 fully saturated rings. The maximum atomic E-state index is 14.1. The third kappa shape index (κ3) is 5.45. The monoisotopic (exact) mass is 330 g/mol. The molecule has 0 N–H and O–H groups in total. The topological polar surface area (TPSA) is 78.9 Å². The minimum Gasteiger partial charge on any atom is -0.468 e. The van der Waals surface area contributed by atoms with E-state index in [0.29, 0.717) is 0 Å². The highest BCUT2D eigenvalue weighted by Gasteiger charge is 2.53. The number of hydrogen-bond donors (Lipinski definition) is 0. The van der Waals surface area contributed by atoms with Gasteiger partial charge in [-0.3, -0.25) is 14.2 Å². The smallest absolute Gasteiger partial charge is 0.399 e. The molecule has 0 aromatic carbocycles. The fourth-order valence-electron chi connectivity index (χ4n) is 1.65. The fourth-order valence-corrected chi connectivity index (χ4v) is 3.19. The van der Waals surface area contributed by atoms with Crippen molar-refractivity contribution in [1.29, 1.82) is 0 Å². The van der Waals surface area contributed by atoms with Crippen LogP contribution in [0.5, 0.6) is 0 Å². The molecule has 0 amide bonds. The molecule has 0 spiro atoms. The summed E-state index contributed by atoms with van der Waals surface area (Å²) in [6.45, 7) is 3.51. The van der Waals surface area contributed by atoms with Crippen LogP contribution < -0.4 is 0 Å². The summed E-state index contributed by atoms with van der Waals surface area (Å²) in [5.41, 5.74) is -3.79. The van der Waals surface area contributed by atoms with Crippen molar-refractivity contribution >= 4 is 19.3 Å². The zero-order valence-electron chi connectivity index (χ0n) is 12.6. The third-order valence-corrected chi connectivity index (χ3v) is 4.93. The Balaban J connectivity index is 5.03. The molecule has 0 aliphatic heterocycles. The van der Waals surface area contributed by atoms with Gasteiger partial charge in [-0.15, -0.1) is 0 Å². The molecular formula is C12H21F2O6P. The summed E-state index contributed by atoms with van der Waals surface area (Å²) in [4.78, 5) is 22.6. The van der Waals surface area contributed by atoms with Gasteiger partial charge in [-0.2, -0.15) is 8.78 Å². The lowest BCUT2D eigenvalue weighted by Gasteiger charge is -2.26. The zero-order valence-corrected chi connectivity index (χ0v) is 13.5. The molecule has 0 aromatic rings. The Bertz CT molecular complexity index is 403. The van der Waals surface area contributed by atoms with Crippen LogP contribution in [0.1, 0.15) is 33.6 Å². The van der Waals surface area contributed by atoms with E-state index in [2.05, 4.69) is 13.8 Å². The number of Topliss-reactive ketones (excluding diaryl/α,β-unsaturated/α-hetero) is 1. The lowest BCUT2D eigenvalue weighted by molar-refractivity contribution is -0.149. The van der Waals surface area contributed by atoms with Crippen molar-refractivity contribution in [1.82, 2.24) is 0 Å². The predicted octanol–water partition coefficient (Wildman–Crippen LogP) is 3.00. The van der Waals surface area contributed by atoms with Gasteiger partial charge in [0, 0.05) is 6.42 Å². The average Bonchev–Trinajstić information content (AvgIpc) is 2.38. The first-order valence-electron chi connectivity index (χ1n) is 6.50. The van der Waals surface area contributed by atoms with Gasteiger partial charge in [0.1, 0.15) is 11.7 Å². The molecule has 6 nitrogen and oxygen atoms in total. The molecule has 21 heavy (non-hydrogen) atoms. The minimum atomic E-state index is -4.64. The molecule has 1 unspecified atom stereocenters. The molecule has 0 radical (unpaired) electrons. The Morgan fingerprint density at radius 3 is 2.00 bits per heavy atom. The first-order valence-corrected chi connectivity index (χ1v) is 8.04. The maximum Gasteiger partial charge on any atom is 0.399 e. The number of halogens is 2. The lowest BCUT2D eigenvalue weighted by Crippen LogP contribution is -2.27. The number of carbonyl (C=O) groups excluding carboxylic acids is 2. The zero-order chi connectivity index (χ0) is 16.7. The second-order valence-electron chi connectivity index (χ2n) is 4.22. The highest BCUT2D eigenvalue weighted by molar-refractivity contribution is 7.55. The first kappa shape index (κ1) is 20.1. The van der Waals surface area contributed by atoms with Gasteiger partial charge >= 0.3 is 19.2 Å². The molecule has 0 aliphatic carbocycles. The van der Waals surface area contributed by atoms with Crippen molar-refractivity contribution in [2.75, 3.05) is 20.3 Å². The van der Waals surface area contributed by atoms with E-state index in [0.717, 1.165) is 14.0 Å². The van der Waals surface area contributed by atoms with E-state index in [9.17, 15) is 22.9 Å². The molecule has 0 saturated heterocycles. The van der Waals surface area contributed by atoms with Gasteiger partial charge in [0.15, 0.2) is 0 Å². The molecule has 124 valence electrons. The Morgan fingerprint density at radius 2 is 1.67 bits per heavy atom. The molecule has 0 aromatic heterocycles. The molecule has 1 atom stereocenters. The second kappa shape index (κ2) is 8.56. The van der Waals surface area contributed by atoms with E-state index in [1.165, 1.54) is 13.8 Å². The van der Waals surface area contributed by atoms with Crippen molar-refractivity contribution < 1.29 is 36.7 Å². The van der Waals surface area contributed by atoms with E-state index >= 15 is 0 Å². The van der Waals surface area contributed by atoms with E-state index < -0.39 is 43.8 Å². The van der Waals surface area contributed by atoms with E-state index in [4.69, 9.17) is 0 Å². The van der Waals surface area contributed by atoms with Crippen molar-refractivity contribution in [3.05, 3.63) is 0 Å². The first-order chi connectivity index (χ1) is 9.65. The van der Waals surface area contributed by atoms with Crippen LogP contribution in [0.25, 0.3) is 0 Å². The molecule has 9 heteroatoms. The van der Waals surface area contributed by atoms with Gasteiger partial charge in [-0.1, -0.05) is 0 Å². The summed E-state index contributed by atoms with van der Waals surface area (Å²) in [6.07, 6.45) is -1.48. The standard InChI is InChI=1S/C12H21F2O6P/c1-5-19-21(17,20-6-2)12(13,14)8-7-10(9(3)15)11(16)18-4/h10H,5-8H2,1-4H3. The minimum absolute atomic E-state index is 0.208. The highest BCUT2D eigenvalue weighted by atomic mass is 31.2. The number of methoxy groups -OCH3 is 1. The Hall–Kier alpha value is -0.850. The number of hydrogen-bond acceptors (Lipinski definition) is 6. The molecular weight excluding hydrogens is 309 g/mol. The highest BCUT2D eigenvalue weighted by Crippen LogP contribution is 2.63. The normalized spacial score (nSPS) is 13.8. The van der Waals surface area contributed by atoms with Crippen molar-refractivity contribution in [3.63, 3.8) is 0 Å². The van der Waals surface area contributed by atoms with Crippen molar-refractivity contribution in [2.24, 2.45) is 5.92 Å². The Labute approximate surface area is 122 Å². The van der Waals surface area contributed by atoms with Crippen molar-refractivity contribution in [3.8, 4) is 0 Å². The van der Waals surface area contributed by atoms with Gasteiger partial charge in [-0.25, -0.2) is 0 Å². The number of ether oxygens (including phenoxy) is 1.